The van der Waals surface area contributed by atoms with E-state index in [9.17, 15) is 23.9 Å². The number of nitrogens with zero attached hydrogens (tertiary/aromatic N) is 1. The molecule has 0 saturated heterocycles. The van der Waals surface area contributed by atoms with Gasteiger partial charge in [-0.1, -0.05) is 6.07 Å². The van der Waals surface area contributed by atoms with Crippen molar-refractivity contribution in [2.75, 3.05) is 24.8 Å². The van der Waals surface area contributed by atoms with Crippen molar-refractivity contribution >= 4 is 29.2 Å². The number of pyridine rings is 1. The highest BCUT2D eigenvalue weighted by molar-refractivity contribution is 6.10. The number of anilines is 2. The molecule has 1 aliphatic carbocycles. The summed E-state index contributed by atoms with van der Waals surface area (Å²) in [5, 5.41) is 17.3. The fraction of sp³-hybridized carbons (Fsp3) is 0.391. The number of amides is 3. The number of methoxy groups -OCH3 is 1. The Balaban J connectivity index is 1.80. The Labute approximate surface area is 190 Å². The minimum Gasteiger partial charge on any atom is -0.496 e. The molecule has 1 aliphatic rings. The monoisotopic (exact) mass is 458 g/mol. The topological polar surface area (TPSA) is 130 Å². The van der Waals surface area contributed by atoms with E-state index in [-0.39, 0.29) is 52.7 Å². The van der Waals surface area contributed by atoms with Crippen LogP contribution in [0.25, 0.3) is 0 Å². The van der Waals surface area contributed by atoms with Crippen molar-refractivity contribution in [1.29, 1.82) is 0 Å². The number of rotatable bonds is 7. The Hall–Kier alpha value is -3.53. The molecule has 1 aromatic heterocycles. The highest BCUT2D eigenvalue weighted by atomic mass is 19.1. The lowest BCUT2D eigenvalue weighted by atomic mass is 9.85. The third-order valence-electron chi connectivity index (χ3n) is 5.60. The summed E-state index contributed by atoms with van der Waals surface area (Å²) in [6.07, 6.45) is 4.08. The smallest absolute Gasteiger partial charge is 0.262 e. The molecule has 9 nitrogen and oxygen atoms in total. The number of aromatic nitrogens is 1. The maximum absolute atomic E-state index is 14.3. The largest absolute Gasteiger partial charge is 0.496 e. The average molecular weight is 458 g/mol. The predicted molar refractivity (Wildman–Crippen MR) is 120 cm³/mol. The van der Waals surface area contributed by atoms with Crippen LogP contribution in [0, 0.1) is 11.7 Å². The van der Waals surface area contributed by atoms with Crippen molar-refractivity contribution in [3.63, 3.8) is 0 Å². The molecule has 3 rings (SSSR count). The molecule has 4 N–H and O–H groups in total. The van der Waals surface area contributed by atoms with Gasteiger partial charge in [0.25, 0.3) is 11.8 Å². The highest BCUT2D eigenvalue weighted by Gasteiger charge is 2.23. The number of nitrogens with one attached hydrogen (secondary N) is 3. The van der Waals surface area contributed by atoms with Crippen LogP contribution in [-0.4, -0.2) is 48.1 Å². The van der Waals surface area contributed by atoms with Crippen LogP contribution in [0.4, 0.5) is 15.9 Å². The summed E-state index contributed by atoms with van der Waals surface area (Å²) in [6, 6.07) is 5.33. The van der Waals surface area contributed by atoms with Gasteiger partial charge in [-0.3, -0.25) is 14.4 Å². The third kappa shape index (κ3) is 6.04. The Kier molecular flexibility index (Phi) is 7.94. The SMILES string of the molecule is CNC(=O)c1cnc(NC(=O)CC2CCC(O)CC2)cc1NC(=O)c1c(F)cccc1OC. The second-order valence-electron chi connectivity index (χ2n) is 7.89. The fourth-order valence-corrected chi connectivity index (χ4v) is 3.83. The molecule has 0 atom stereocenters. The van der Waals surface area contributed by atoms with Gasteiger partial charge >= 0.3 is 0 Å². The van der Waals surface area contributed by atoms with E-state index in [0.29, 0.717) is 12.8 Å². The van der Waals surface area contributed by atoms with Gasteiger partial charge in [-0.15, -0.1) is 0 Å². The van der Waals surface area contributed by atoms with Crippen LogP contribution >= 0.6 is 0 Å². The summed E-state index contributed by atoms with van der Waals surface area (Å²) in [7, 11) is 2.74. The number of aliphatic hydroxyl groups is 1. The number of hydrogen-bond donors (Lipinski definition) is 4. The van der Waals surface area contributed by atoms with Crippen LogP contribution < -0.4 is 20.7 Å². The molecule has 1 fully saturated rings. The molecule has 0 aliphatic heterocycles. The van der Waals surface area contributed by atoms with Crippen molar-refractivity contribution in [1.82, 2.24) is 10.3 Å². The van der Waals surface area contributed by atoms with Gasteiger partial charge in [0.05, 0.1) is 24.5 Å². The molecule has 176 valence electrons. The van der Waals surface area contributed by atoms with Crippen molar-refractivity contribution in [2.24, 2.45) is 5.92 Å². The molecule has 3 amide bonds. The predicted octanol–water partition coefficient (Wildman–Crippen LogP) is 2.72. The van der Waals surface area contributed by atoms with E-state index in [1.165, 1.54) is 38.6 Å². The van der Waals surface area contributed by atoms with Crippen LogP contribution in [-0.2, 0) is 4.79 Å². The van der Waals surface area contributed by atoms with Crippen molar-refractivity contribution in [2.45, 2.75) is 38.2 Å². The standard InChI is InChI=1S/C23H27FN4O5/c1-25-22(31)15-12-26-19(28-20(30)10-13-6-8-14(29)9-7-13)11-17(15)27-23(32)21-16(24)4-3-5-18(21)33-2/h3-5,11-14,29H,6-10H2,1-2H3,(H,25,31)(H2,26,27,28,30,32). The van der Waals surface area contributed by atoms with Crippen LogP contribution in [0.15, 0.2) is 30.5 Å². The van der Waals surface area contributed by atoms with E-state index in [2.05, 4.69) is 20.9 Å². The maximum Gasteiger partial charge on any atom is 0.262 e. The van der Waals surface area contributed by atoms with Crippen molar-refractivity contribution < 1.29 is 28.6 Å². The Morgan fingerprint density at radius 3 is 2.55 bits per heavy atom. The summed E-state index contributed by atoms with van der Waals surface area (Å²) in [4.78, 5) is 41.6. The van der Waals surface area contributed by atoms with Gasteiger partial charge in [0.15, 0.2) is 0 Å². The Morgan fingerprint density at radius 1 is 1.15 bits per heavy atom. The zero-order valence-electron chi connectivity index (χ0n) is 18.5. The summed E-state index contributed by atoms with van der Waals surface area (Å²) in [6.45, 7) is 0. The van der Waals surface area contributed by atoms with Gasteiger partial charge in [0.1, 0.15) is 22.9 Å². The van der Waals surface area contributed by atoms with Gasteiger partial charge in [0.2, 0.25) is 5.91 Å². The van der Waals surface area contributed by atoms with Crippen molar-refractivity contribution in [3.05, 3.63) is 47.4 Å². The maximum atomic E-state index is 14.3. The molecule has 0 radical (unpaired) electrons. The zero-order valence-corrected chi connectivity index (χ0v) is 18.5. The third-order valence-corrected chi connectivity index (χ3v) is 5.60. The first-order valence-electron chi connectivity index (χ1n) is 10.7. The van der Waals surface area contributed by atoms with Crippen molar-refractivity contribution in [3.8, 4) is 5.75 Å². The second kappa shape index (κ2) is 10.9. The summed E-state index contributed by atoms with van der Waals surface area (Å²) in [5.41, 5.74) is -0.221. The lowest BCUT2D eigenvalue weighted by Crippen LogP contribution is -2.24. The highest BCUT2D eigenvalue weighted by Crippen LogP contribution is 2.28. The van der Waals surface area contributed by atoms with E-state index in [4.69, 9.17) is 4.74 Å². The first-order chi connectivity index (χ1) is 15.8. The molecule has 1 aromatic carbocycles. The van der Waals surface area contributed by atoms with E-state index >= 15 is 0 Å². The fourth-order valence-electron chi connectivity index (χ4n) is 3.83. The molecule has 2 aromatic rings. The molecule has 0 bridgehead atoms. The lowest BCUT2D eigenvalue weighted by Gasteiger charge is -2.24. The van der Waals surface area contributed by atoms with E-state index in [1.54, 1.807) is 0 Å². The van der Waals surface area contributed by atoms with E-state index in [1.807, 2.05) is 0 Å². The molecule has 33 heavy (non-hydrogen) atoms. The number of carbonyl (C=O) groups is 3. The molecular formula is C23H27FN4O5. The first-order valence-corrected chi connectivity index (χ1v) is 10.7. The molecule has 0 spiro atoms. The van der Waals surface area contributed by atoms with Crippen LogP contribution in [0.1, 0.15) is 52.8 Å². The normalized spacial score (nSPS) is 17.7. The second-order valence-corrected chi connectivity index (χ2v) is 7.89. The molecular weight excluding hydrogens is 431 g/mol. The van der Waals surface area contributed by atoms with Crippen LogP contribution in [0.2, 0.25) is 0 Å². The van der Waals surface area contributed by atoms with Gasteiger partial charge in [0, 0.05) is 25.7 Å². The minimum absolute atomic E-state index is 0.0363. The van der Waals surface area contributed by atoms with Gasteiger partial charge in [-0.25, -0.2) is 9.37 Å². The zero-order chi connectivity index (χ0) is 24.0. The Bertz CT molecular complexity index is 1040. The average Bonchev–Trinajstić information content (AvgIpc) is 2.79. The van der Waals surface area contributed by atoms with Crippen LogP contribution in [0.3, 0.4) is 0 Å². The van der Waals surface area contributed by atoms with E-state index in [0.717, 1.165) is 18.9 Å². The minimum atomic E-state index is -0.820. The molecule has 1 heterocycles. The quantitative estimate of drug-likeness (QED) is 0.505. The summed E-state index contributed by atoms with van der Waals surface area (Å²) in [5.74, 6) is -2.03. The summed E-state index contributed by atoms with van der Waals surface area (Å²) >= 11 is 0. The van der Waals surface area contributed by atoms with Gasteiger partial charge in [-0.05, 0) is 43.7 Å². The molecule has 10 heteroatoms. The first kappa shape index (κ1) is 24.1. The number of benzene rings is 1. The van der Waals surface area contributed by atoms with Gasteiger partial charge in [-0.2, -0.15) is 0 Å². The van der Waals surface area contributed by atoms with E-state index < -0.39 is 17.6 Å². The molecule has 0 unspecified atom stereocenters. The van der Waals surface area contributed by atoms with Gasteiger partial charge < -0.3 is 25.8 Å². The number of halogens is 1. The number of aliphatic hydroxyl groups excluding tert-OH is 1. The number of hydrogen-bond acceptors (Lipinski definition) is 6. The number of carbonyl (C=O) groups excluding carboxylic acids is 3. The summed E-state index contributed by atoms with van der Waals surface area (Å²) < 4.78 is 19.4. The lowest BCUT2D eigenvalue weighted by molar-refractivity contribution is -0.117. The Morgan fingerprint density at radius 2 is 1.88 bits per heavy atom. The van der Waals surface area contributed by atoms with Crippen LogP contribution in [0.5, 0.6) is 5.75 Å². The number of ether oxygens (including phenoxy) is 1. The molecule has 1 saturated carbocycles.